The van der Waals surface area contributed by atoms with Crippen LogP contribution in [0.5, 0.6) is 0 Å². The summed E-state index contributed by atoms with van der Waals surface area (Å²) in [5, 5.41) is 3.30. The lowest BCUT2D eigenvalue weighted by Crippen LogP contribution is -2.32. The second-order valence-corrected chi connectivity index (χ2v) is 5.89. The molecule has 1 aliphatic rings. The van der Waals surface area contributed by atoms with E-state index in [1.165, 1.54) is 12.1 Å². The molecule has 1 atom stereocenters. The topological polar surface area (TPSA) is 15.3 Å². The number of nitrogens with one attached hydrogen (secondary N) is 1. The van der Waals surface area contributed by atoms with Crippen molar-refractivity contribution in [2.45, 2.75) is 29.4 Å². The van der Waals surface area contributed by atoms with Crippen molar-refractivity contribution in [1.29, 1.82) is 0 Å². The lowest BCUT2D eigenvalue weighted by Gasteiger charge is -2.23. The van der Waals surface area contributed by atoms with Crippen LogP contribution in [0.4, 0.5) is 13.2 Å². The van der Waals surface area contributed by atoms with Crippen molar-refractivity contribution in [3.8, 4) is 0 Å². The van der Waals surface area contributed by atoms with Crippen LogP contribution in [-0.2, 0) is 6.54 Å². The highest BCUT2D eigenvalue weighted by molar-refractivity contribution is 8.00. The van der Waals surface area contributed by atoms with Gasteiger partial charge in [0.25, 0.3) is 0 Å². The Morgan fingerprint density at radius 1 is 1.30 bits per heavy atom. The highest BCUT2D eigenvalue weighted by Crippen LogP contribution is 2.36. The summed E-state index contributed by atoms with van der Waals surface area (Å²) < 4.78 is 36.6. The summed E-state index contributed by atoms with van der Waals surface area (Å²) in [5.41, 5.74) is -3.17. The molecule has 7 heteroatoms. The number of hydrogen-bond donors (Lipinski definition) is 1. The van der Waals surface area contributed by atoms with Crippen LogP contribution in [0.1, 0.15) is 12.0 Å². The van der Waals surface area contributed by atoms with E-state index in [0.29, 0.717) is 6.04 Å². The van der Waals surface area contributed by atoms with Gasteiger partial charge in [0.05, 0.1) is 0 Å². The first-order valence-corrected chi connectivity index (χ1v) is 7.01. The number of nitrogens with zero attached hydrogens (tertiary/aromatic N) is 1. The van der Waals surface area contributed by atoms with Gasteiger partial charge in [0, 0.05) is 24.0 Å². The molecule has 114 valence electrons. The number of alkyl halides is 3. The molecule has 2 nitrogen and oxygen atoms in total. The molecule has 0 amide bonds. The zero-order valence-electron chi connectivity index (χ0n) is 11.1. The molecule has 0 aliphatic carbocycles. The fraction of sp³-hybridized carbons (Fsp3) is 0.538. The summed E-state index contributed by atoms with van der Waals surface area (Å²) >= 11 is -0.0700. The monoisotopic (exact) mass is 326 g/mol. The maximum absolute atomic E-state index is 12.2. The van der Waals surface area contributed by atoms with Crippen LogP contribution in [0.15, 0.2) is 29.2 Å². The summed E-state index contributed by atoms with van der Waals surface area (Å²) in [6.07, 6.45) is 1.12. The Morgan fingerprint density at radius 2 is 1.95 bits per heavy atom. The molecule has 0 radical (unpaired) electrons. The molecule has 0 aromatic heterocycles. The Kier molecular flexibility index (Phi) is 6.64. The predicted molar refractivity (Wildman–Crippen MR) is 78.3 cm³/mol. The number of halogens is 4. The van der Waals surface area contributed by atoms with Crippen molar-refractivity contribution in [2.24, 2.45) is 0 Å². The average Bonchev–Trinajstić information content (AvgIpc) is 2.83. The van der Waals surface area contributed by atoms with Gasteiger partial charge < -0.3 is 5.32 Å². The maximum Gasteiger partial charge on any atom is 0.446 e. The summed E-state index contributed by atoms with van der Waals surface area (Å²) in [6.45, 7) is 2.79. The van der Waals surface area contributed by atoms with Gasteiger partial charge >= 0.3 is 5.51 Å². The largest absolute Gasteiger partial charge is 0.446 e. The third-order valence-electron chi connectivity index (χ3n) is 3.25. The Bertz CT molecular complexity index is 405. The van der Waals surface area contributed by atoms with E-state index in [1.54, 1.807) is 12.1 Å². The van der Waals surface area contributed by atoms with Crippen molar-refractivity contribution in [3.63, 3.8) is 0 Å². The smallest absolute Gasteiger partial charge is 0.315 e. The van der Waals surface area contributed by atoms with Gasteiger partial charge in [-0.05, 0) is 49.5 Å². The van der Waals surface area contributed by atoms with Gasteiger partial charge in [0.2, 0.25) is 0 Å². The summed E-state index contributed by atoms with van der Waals surface area (Å²) in [6, 6.07) is 7.13. The molecule has 0 spiro atoms. The highest BCUT2D eigenvalue weighted by Gasteiger charge is 2.29. The van der Waals surface area contributed by atoms with Gasteiger partial charge in [-0.1, -0.05) is 12.1 Å². The quantitative estimate of drug-likeness (QED) is 0.852. The zero-order valence-corrected chi connectivity index (χ0v) is 12.7. The van der Waals surface area contributed by atoms with Crippen molar-refractivity contribution in [1.82, 2.24) is 10.2 Å². The van der Waals surface area contributed by atoms with Crippen LogP contribution in [0, 0.1) is 0 Å². The third-order valence-corrected chi connectivity index (χ3v) is 3.99. The first-order chi connectivity index (χ1) is 8.94. The van der Waals surface area contributed by atoms with Crippen molar-refractivity contribution >= 4 is 24.2 Å². The second-order valence-electron chi connectivity index (χ2n) is 4.75. The Labute approximate surface area is 127 Å². The van der Waals surface area contributed by atoms with Gasteiger partial charge in [-0.2, -0.15) is 13.2 Å². The van der Waals surface area contributed by atoms with E-state index in [9.17, 15) is 13.2 Å². The Balaban J connectivity index is 0.00000200. The lowest BCUT2D eigenvalue weighted by molar-refractivity contribution is -0.0328. The molecule has 2 rings (SSSR count). The maximum atomic E-state index is 12.2. The average molecular weight is 327 g/mol. The van der Waals surface area contributed by atoms with E-state index in [2.05, 4.69) is 17.3 Å². The molecule has 1 saturated heterocycles. The Hall–Kier alpha value is -0.430. The van der Waals surface area contributed by atoms with E-state index in [0.717, 1.165) is 31.6 Å². The molecule has 1 unspecified atom stereocenters. The first-order valence-electron chi connectivity index (χ1n) is 6.20. The highest BCUT2D eigenvalue weighted by atomic mass is 35.5. The van der Waals surface area contributed by atoms with Gasteiger partial charge in [-0.25, -0.2) is 0 Å². The molecule has 0 saturated carbocycles. The van der Waals surface area contributed by atoms with Crippen molar-refractivity contribution in [2.75, 3.05) is 20.1 Å². The molecule has 20 heavy (non-hydrogen) atoms. The predicted octanol–water partition coefficient (Wildman–Crippen LogP) is 3.51. The van der Waals surface area contributed by atoms with Crippen LogP contribution >= 0.6 is 24.2 Å². The number of hydrogen-bond acceptors (Lipinski definition) is 3. The minimum atomic E-state index is -4.21. The number of benzene rings is 1. The van der Waals surface area contributed by atoms with Gasteiger partial charge in [-0.3, -0.25) is 4.90 Å². The summed E-state index contributed by atoms with van der Waals surface area (Å²) in [5.74, 6) is 0. The van der Waals surface area contributed by atoms with Crippen LogP contribution < -0.4 is 5.32 Å². The number of rotatable bonds is 4. The van der Waals surface area contributed by atoms with Crippen molar-refractivity contribution < 1.29 is 13.2 Å². The number of likely N-dealkylation sites (N-methyl/N-ethyl adjacent to an activating group) is 1. The third kappa shape index (κ3) is 5.52. The molecule has 1 heterocycles. The molecule has 1 fully saturated rings. The van der Waals surface area contributed by atoms with Crippen LogP contribution in [0.25, 0.3) is 0 Å². The van der Waals surface area contributed by atoms with Crippen molar-refractivity contribution in [3.05, 3.63) is 29.8 Å². The van der Waals surface area contributed by atoms with E-state index < -0.39 is 5.51 Å². The standard InChI is InChI=1S/C13H17F3N2S.ClH/c1-18(11-6-7-17-8-11)9-10-2-4-12(5-3-10)19-13(14,15)16;/h2-5,11,17H,6-9H2,1H3;1H. The fourth-order valence-electron chi connectivity index (χ4n) is 2.23. The second kappa shape index (κ2) is 7.54. The molecule has 1 N–H and O–H groups in total. The molecular formula is C13H18ClF3N2S. The molecule has 1 aliphatic heterocycles. The normalized spacial score (nSPS) is 19.1. The van der Waals surface area contributed by atoms with Crippen LogP contribution in [-0.4, -0.2) is 36.6 Å². The molecule has 1 aromatic carbocycles. The minimum Gasteiger partial charge on any atom is -0.315 e. The van der Waals surface area contributed by atoms with Crippen LogP contribution in [0.2, 0.25) is 0 Å². The van der Waals surface area contributed by atoms with Gasteiger partial charge in [0.15, 0.2) is 0 Å². The van der Waals surface area contributed by atoms with Crippen LogP contribution in [0.3, 0.4) is 0 Å². The van der Waals surface area contributed by atoms with Gasteiger partial charge in [-0.15, -0.1) is 12.4 Å². The first kappa shape index (κ1) is 17.6. The lowest BCUT2D eigenvalue weighted by atomic mass is 10.1. The molecule has 0 bridgehead atoms. The van der Waals surface area contributed by atoms with E-state index in [1.807, 2.05) is 0 Å². The molecular weight excluding hydrogens is 309 g/mol. The Morgan fingerprint density at radius 3 is 2.45 bits per heavy atom. The van der Waals surface area contributed by atoms with E-state index in [4.69, 9.17) is 0 Å². The SMILES string of the molecule is CN(Cc1ccc(SC(F)(F)F)cc1)C1CCNC1.Cl. The number of thioether (sulfide) groups is 1. The van der Waals surface area contributed by atoms with E-state index >= 15 is 0 Å². The minimum absolute atomic E-state index is 0. The van der Waals surface area contributed by atoms with E-state index in [-0.39, 0.29) is 29.1 Å². The zero-order chi connectivity index (χ0) is 13.9. The fourth-order valence-corrected chi connectivity index (χ4v) is 2.77. The molecule has 1 aromatic rings. The summed E-state index contributed by atoms with van der Waals surface area (Å²) in [4.78, 5) is 2.48. The summed E-state index contributed by atoms with van der Waals surface area (Å²) in [7, 11) is 2.05. The van der Waals surface area contributed by atoms with Gasteiger partial charge in [0.1, 0.15) is 0 Å².